The second-order valence-electron chi connectivity index (χ2n) is 12.3. The first-order valence-electron chi connectivity index (χ1n) is 17.1. The van der Waals surface area contributed by atoms with Gasteiger partial charge in [0.05, 0.1) is 5.69 Å². The summed E-state index contributed by atoms with van der Waals surface area (Å²) in [6.45, 7) is 6.58. The summed E-state index contributed by atoms with van der Waals surface area (Å²) in [7, 11) is 0. The molecule has 0 aliphatic rings. The van der Waals surface area contributed by atoms with Crippen molar-refractivity contribution in [2.45, 2.75) is 6.92 Å². The molecule has 0 saturated carbocycles. The van der Waals surface area contributed by atoms with E-state index in [1.807, 2.05) is 6.07 Å². The highest BCUT2D eigenvalue weighted by atomic mass is 15.1. The van der Waals surface area contributed by atoms with Gasteiger partial charge in [0.2, 0.25) is 0 Å². The van der Waals surface area contributed by atoms with E-state index in [9.17, 15) is 0 Å². The van der Waals surface area contributed by atoms with Crippen molar-refractivity contribution < 1.29 is 0 Å². The molecular formula is C49H39N. The number of rotatable bonds is 10. The molecule has 1 heteroatoms. The van der Waals surface area contributed by atoms with Crippen LogP contribution >= 0.6 is 0 Å². The van der Waals surface area contributed by atoms with E-state index in [-0.39, 0.29) is 0 Å². The van der Waals surface area contributed by atoms with E-state index in [4.69, 9.17) is 0 Å². The van der Waals surface area contributed by atoms with Crippen molar-refractivity contribution in [3.8, 4) is 44.5 Å². The van der Waals surface area contributed by atoms with Crippen molar-refractivity contribution in [1.82, 2.24) is 0 Å². The molecule has 0 radical (unpaired) electrons. The van der Waals surface area contributed by atoms with Crippen LogP contribution in [0.15, 0.2) is 219 Å². The standard InChI is InChI=1S/C49H39N/c1-3-19-46(32-37(2)38-20-8-4-9-21-38)50(47-29-18-28-42(36-47)39-22-10-5-11-23-39)49-31-17-16-30-48(49)45-34-43(40-24-12-6-13-25-40)33-44(35-45)41-26-14-7-15-27-41/h3-36H,2H2,1H3/b19-3-,46-32+. The second-order valence-corrected chi connectivity index (χ2v) is 12.3. The van der Waals surface area contributed by atoms with Gasteiger partial charge in [-0.3, -0.25) is 0 Å². The van der Waals surface area contributed by atoms with Gasteiger partial charge in [-0.25, -0.2) is 0 Å². The lowest BCUT2D eigenvalue weighted by atomic mass is 9.92. The molecule has 0 aromatic heterocycles. The first kappa shape index (κ1) is 32.1. The molecule has 0 saturated heterocycles. The highest BCUT2D eigenvalue weighted by molar-refractivity contribution is 5.91. The number of hydrogen-bond donors (Lipinski definition) is 0. The minimum Gasteiger partial charge on any atom is -0.310 e. The van der Waals surface area contributed by atoms with E-state index in [0.29, 0.717) is 0 Å². The van der Waals surface area contributed by atoms with Crippen LogP contribution in [0, 0.1) is 0 Å². The van der Waals surface area contributed by atoms with Gasteiger partial charge in [0.25, 0.3) is 0 Å². The van der Waals surface area contributed by atoms with Crippen molar-refractivity contribution in [3.63, 3.8) is 0 Å². The monoisotopic (exact) mass is 641 g/mol. The van der Waals surface area contributed by atoms with Gasteiger partial charge in [0.15, 0.2) is 0 Å². The zero-order valence-electron chi connectivity index (χ0n) is 28.3. The van der Waals surface area contributed by atoms with Crippen molar-refractivity contribution >= 4 is 16.9 Å². The molecule has 240 valence electrons. The Labute approximate surface area is 296 Å². The van der Waals surface area contributed by atoms with Gasteiger partial charge >= 0.3 is 0 Å². The normalized spacial score (nSPS) is 11.4. The van der Waals surface area contributed by atoms with Crippen LogP contribution in [0.4, 0.5) is 11.4 Å². The molecule has 0 aliphatic heterocycles. The zero-order chi connectivity index (χ0) is 34.1. The Morgan fingerprint density at radius 3 is 1.52 bits per heavy atom. The maximum atomic E-state index is 4.52. The third-order valence-corrected chi connectivity index (χ3v) is 8.88. The van der Waals surface area contributed by atoms with Crippen LogP contribution in [-0.4, -0.2) is 0 Å². The Hall–Kier alpha value is -6.44. The maximum absolute atomic E-state index is 4.52. The maximum Gasteiger partial charge on any atom is 0.0540 e. The van der Waals surface area contributed by atoms with Crippen LogP contribution in [0.5, 0.6) is 0 Å². The van der Waals surface area contributed by atoms with Gasteiger partial charge < -0.3 is 4.90 Å². The third kappa shape index (κ3) is 7.18. The first-order chi connectivity index (χ1) is 24.7. The number of para-hydroxylation sites is 1. The second kappa shape index (κ2) is 15.2. The SMILES string of the molecule is C=C(/C=C(\C=C/C)N(c1cccc(-c2ccccc2)c1)c1ccccc1-c1cc(-c2ccccc2)cc(-c2ccccc2)c1)c1ccccc1. The lowest BCUT2D eigenvalue weighted by Gasteiger charge is -2.30. The van der Waals surface area contributed by atoms with Crippen molar-refractivity contribution in [2.24, 2.45) is 0 Å². The Morgan fingerprint density at radius 1 is 0.460 bits per heavy atom. The Balaban J connectivity index is 1.46. The molecule has 0 amide bonds. The van der Waals surface area contributed by atoms with Crippen molar-refractivity contribution in [2.75, 3.05) is 4.90 Å². The lowest BCUT2D eigenvalue weighted by molar-refractivity contribution is 1.21. The Bertz CT molecular complexity index is 2210. The molecule has 0 spiro atoms. The average Bonchev–Trinajstić information content (AvgIpc) is 3.19. The number of nitrogens with zero attached hydrogens (tertiary/aromatic N) is 1. The molecule has 0 aliphatic carbocycles. The van der Waals surface area contributed by atoms with Gasteiger partial charge in [-0.05, 0) is 106 Å². The summed E-state index contributed by atoms with van der Waals surface area (Å²) in [4.78, 5) is 2.37. The molecule has 0 N–H and O–H groups in total. The number of allylic oxidation sites excluding steroid dienone is 4. The predicted molar refractivity (Wildman–Crippen MR) is 215 cm³/mol. The van der Waals surface area contributed by atoms with Crippen LogP contribution in [0.1, 0.15) is 12.5 Å². The quantitative estimate of drug-likeness (QED) is 0.134. The van der Waals surface area contributed by atoms with Gasteiger partial charge in [-0.1, -0.05) is 164 Å². The Kier molecular flexibility index (Phi) is 9.76. The highest BCUT2D eigenvalue weighted by Gasteiger charge is 2.20. The van der Waals surface area contributed by atoms with E-state index >= 15 is 0 Å². The molecule has 0 fully saturated rings. The fraction of sp³-hybridized carbons (Fsp3) is 0.0204. The molecule has 1 nitrogen and oxygen atoms in total. The van der Waals surface area contributed by atoms with Crippen LogP contribution in [0.2, 0.25) is 0 Å². The zero-order valence-corrected chi connectivity index (χ0v) is 28.3. The number of benzene rings is 7. The Morgan fingerprint density at radius 2 is 0.940 bits per heavy atom. The summed E-state index contributed by atoms with van der Waals surface area (Å²) in [5, 5.41) is 0. The van der Waals surface area contributed by atoms with E-state index in [1.165, 1.54) is 27.8 Å². The molecule has 7 aromatic rings. The molecule has 0 heterocycles. The molecular weight excluding hydrogens is 603 g/mol. The average molecular weight is 642 g/mol. The summed E-state index contributed by atoms with van der Waals surface area (Å²) in [5.74, 6) is 0. The smallest absolute Gasteiger partial charge is 0.0540 e. The van der Waals surface area contributed by atoms with Gasteiger partial charge in [-0.2, -0.15) is 0 Å². The largest absolute Gasteiger partial charge is 0.310 e. The third-order valence-electron chi connectivity index (χ3n) is 8.88. The van der Waals surface area contributed by atoms with Crippen LogP contribution in [0.25, 0.3) is 50.1 Å². The summed E-state index contributed by atoms with van der Waals surface area (Å²) >= 11 is 0. The van der Waals surface area contributed by atoms with Crippen LogP contribution < -0.4 is 4.90 Å². The van der Waals surface area contributed by atoms with Crippen LogP contribution in [-0.2, 0) is 0 Å². The molecule has 50 heavy (non-hydrogen) atoms. The topological polar surface area (TPSA) is 3.24 Å². The molecule has 7 aromatic carbocycles. The van der Waals surface area contributed by atoms with Gasteiger partial charge in [0.1, 0.15) is 0 Å². The summed E-state index contributed by atoms with van der Waals surface area (Å²) < 4.78 is 0. The number of hydrogen-bond acceptors (Lipinski definition) is 1. The minimum atomic E-state index is 0.942. The fourth-order valence-electron chi connectivity index (χ4n) is 6.44. The summed E-state index contributed by atoms with van der Waals surface area (Å²) in [6.07, 6.45) is 6.47. The van der Waals surface area contributed by atoms with E-state index in [2.05, 4.69) is 219 Å². The lowest BCUT2D eigenvalue weighted by Crippen LogP contribution is -2.16. The highest BCUT2D eigenvalue weighted by Crippen LogP contribution is 2.42. The fourth-order valence-corrected chi connectivity index (χ4v) is 6.44. The van der Waals surface area contributed by atoms with E-state index in [0.717, 1.165) is 44.9 Å². The van der Waals surface area contributed by atoms with Gasteiger partial charge in [0, 0.05) is 16.9 Å². The summed E-state index contributed by atoms with van der Waals surface area (Å²) in [6, 6.07) is 66.7. The van der Waals surface area contributed by atoms with Crippen LogP contribution in [0.3, 0.4) is 0 Å². The summed E-state index contributed by atoms with van der Waals surface area (Å²) in [5.41, 5.74) is 14.5. The minimum absolute atomic E-state index is 0.942. The molecule has 0 unspecified atom stereocenters. The van der Waals surface area contributed by atoms with Crippen molar-refractivity contribution in [1.29, 1.82) is 0 Å². The molecule has 7 rings (SSSR count). The molecule has 0 atom stereocenters. The van der Waals surface area contributed by atoms with E-state index < -0.39 is 0 Å². The molecule has 0 bridgehead atoms. The number of anilines is 2. The van der Waals surface area contributed by atoms with E-state index in [1.54, 1.807) is 0 Å². The van der Waals surface area contributed by atoms with Crippen molar-refractivity contribution in [3.05, 3.63) is 224 Å². The van der Waals surface area contributed by atoms with Gasteiger partial charge in [-0.15, -0.1) is 0 Å². The predicted octanol–water partition coefficient (Wildman–Crippen LogP) is 13.7. The first-order valence-corrected chi connectivity index (χ1v) is 17.1.